The minimum Gasteiger partial charge on any atom is -0.378 e. The number of benzene rings is 2. The number of hydrogen-bond donors (Lipinski definition) is 1. The van der Waals surface area contributed by atoms with E-state index in [1.165, 1.54) is 22.6 Å². The first-order valence-corrected chi connectivity index (χ1v) is 11.0. The van der Waals surface area contributed by atoms with E-state index < -0.39 is 0 Å². The average molecular weight is 423 g/mol. The summed E-state index contributed by atoms with van der Waals surface area (Å²) in [5, 5.41) is 5.47. The molecule has 1 aliphatic rings. The standard InChI is InChI=1S/C23H26N4O2S/c1-29-16-22-25-21(17-30-22)23(28)24-19-7-9-20(10-8-19)27-13-11-26(12-14-27)15-18-5-3-2-4-6-18/h2-10,17H,11-16H2,1H3,(H,24,28). The number of ether oxygens (including phenoxy) is 1. The van der Waals surface area contributed by atoms with Crippen molar-refractivity contribution in [2.75, 3.05) is 43.5 Å². The Morgan fingerprint density at radius 3 is 2.50 bits per heavy atom. The van der Waals surface area contributed by atoms with Gasteiger partial charge in [-0.1, -0.05) is 30.3 Å². The number of hydrogen-bond acceptors (Lipinski definition) is 6. The first-order chi connectivity index (χ1) is 14.7. The van der Waals surface area contributed by atoms with Gasteiger partial charge in [0.05, 0.1) is 6.61 Å². The van der Waals surface area contributed by atoms with Gasteiger partial charge in [-0.3, -0.25) is 9.69 Å². The Kier molecular flexibility index (Phi) is 6.74. The summed E-state index contributed by atoms with van der Waals surface area (Å²) in [7, 11) is 1.62. The van der Waals surface area contributed by atoms with Crippen molar-refractivity contribution in [1.29, 1.82) is 0 Å². The highest BCUT2D eigenvalue weighted by Crippen LogP contribution is 2.21. The van der Waals surface area contributed by atoms with Crippen LogP contribution in [0.15, 0.2) is 60.0 Å². The van der Waals surface area contributed by atoms with E-state index in [4.69, 9.17) is 4.74 Å². The normalized spacial score (nSPS) is 14.6. The quantitative estimate of drug-likeness (QED) is 0.627. The third-order valence-corrected chi connectivity index (χ3v) is 5.99. The highest BCUT2D eigenvalue weighted by atomic mass is 32.1. The van der Waals surface area contributed by atoms with Crippen molar-refractivity contribution in [3.63, 3.8) is 0 Å². The molecule has 0 atom stereocenters. The van der Waals surface area contributed by atoms with Crippen LogP contribution in [-0.2, 0) is 17.9 Å². The zero-order valence-electron chi connectivity index (χ0n) is 17.1. The predicted molar refractivity (Wildman–Crippen MR) is 121 cm³/mol. The molecule has 1 aliphatic heterocycles. The molecule has 1 aromatic heterocycles. The van der Waals surface area contributed by atoms with Crippen molar-refractivity contribution in [2.45, 2.75) is 13.2 Å². The van der Waals surface area contributed by atoms with Gasteiger partial charge in [0.1, 0.15) is 10.7 Å². The molecule has 1 amide bonds. The molecule has 1 saturated heterocycles. The van der Waals surface area contributed by atoms with Crippen LogP contribution in [0.2, 0.25) is 0 Å². The molecule has 0 aliphatic carbocycles. The van der Waals surface area contributed by atoms with E-state index in [9.17, 15) is 4.79 Å². The molecular formula is C23H26N4O2S. The lowest BCUT2D eigenvalue weighted by Gasteiger charge is -2.36. The van der Waals surface area contributed by atoms with Gasteiger partial charge in [0, 0.05) is 56.6 Å². The fourth-order valence-electron chi connectivity index (χ4n) is 3.56. The third kappa shape index (κ3) is 5.24. The summed E-state index contributed by atoms with van der Waals surface area (Å²) in [5.74, 6) is -0.198. The van der Waals surface area contributed by atoms with Crippen molar-refractivity contribution in [1.82, 2.24) is 9.88 Å². The van der Waals surface area contributed by atoms with Gasteiger partial charge in [-0.15, -0.1) is 11.3 Å². The van der Waals surface area contributed by atoms with Crippen molar-refractivity contribution in [2.24, 2.45) is 0 Å². The molecule has 4 rings (SSSR count). The second-order valence-corrected chi connectivity index (χ2v) is 8.25. The van der Waals surface area contributed by atoms with Crippen LogP contribution in [0.25, 0.3) is 0 Å². The Labute approximate surface area is 181 Å². The highest BCUT2D eigenvalue weighted by molar-refractivity contribution is 7.09. The molecule has 7 heteroatoms. The Morgan fingerprint density at radius 1 is 1.07 bits per heavy atom. The lowest BCUT2D eigenvalue weighted by atomic mass is 10.2. The van der Waals surface area contributed by atoms with E-state index >= 15 is 0 Å². The summed E-state index contributed by atoms with van der Waals surface area (Å²) in [6.45, 7) is 5.51. The Bertz CT molecular complexity index is 951. The fraction of sp³-hybridized carbons (Fsp3) is 0.304. The molecular weight excluding hydrogens is 396 g/mol. The topological polar surface area (TPSA) is 57.7 Å². The minimum absolute atomic E-state index is 0.198. The number of piperazine rings is 1. The molecule has 6 nitrogen and oxygen atoms in total. The van der Waals surface area contributed by atoms with E-state index in [2.05, 4.69) is 62.6 Å². The Hall–Kier alpha value is -2.74. The monoisotopic (exact) mass is 422 g/mol. The molecule has 0 saturated carbocycles. The molecule has 1 N–H and O–H groups in total. The lowest BCUT2D eigenvalue weighted by Crippen LogP contribution is -2.45. The summed E-state index contributed by atoms with van der Waals surface area (Å²) in [6, 6.07) is 18.7. The van der Waals surface area contributed by atoms with Crippen LogP contribution < -0.4 is 10.2 Å². The maximum Gasteiger partial charge on any atom is 0.275 e. The molecule has 0 spiro atoms. The molecule has 0 unspecified atom stereocenters. The van der Waals surface area contributed by atoms with Crippen molar-refractivity contribution in [3.05, 3.63) is 76.2 Å². The average Bonchev–Trinajstić information content (AvgIpc) is 3.25. The van der Waals surface area contributed by atoms with Crippen molar-refractivity contribution in [3.8, 4) is 0 Å². The summed E-state index contributed by atoms with van der Waals surface area (Å²) >= 11 is 1.43. The van der Waals surface area contributed by atoms with E-state index in [1.807, 2.05) is 12.1 Å². The van der Waals surface area contributed by atoms with E-state index in [0.717, 1.165) is 43.4 Å². The second-order valence-electron chi connectivity index (χ2n) is 7.31. The molecule has 0 radical (unpaired) electrons. The van der Waals surface area contributed by atoms with Gasteiger partial charge < -0.3 is 15.0 Å². The molecule has 2 aromatic carbocycles. The van der Waals surface area contributed by atoms with Gasteiger partial charge in [-0.25, -0.2) is 4.98 Å². The first-order valence-electron chi connectivity index (χ1n) is 10.1. The predicted octanol–water partition coefficient (Wildman–Crippen LogP) is 3.86. The number of carbonyl (C=O) groups is 1. The highest BCUT2D eigenvalue weighted by Gasteiger charge is 2.17. The van der Waals surface area contributed by atoms with Crippen LogP contribution in [-0.4, -0.2) is 49.1 Å². The number of methoxy groups -OCH3 is 1. The van der Waals surface area contributed by atoms with Crippen LogP contribution in [0.3, 0.4) is 0 Å². The van der Waals surface area contributed by atoms with Gasteiger partial charge in [-0.05, 0) is 29.8 Å². The zero-order chi connectivity index (χ0) is 20.8. The van der Waals surface area contributed by atoms with Gasteiger partial charge in [0.25, 0.3) is 5.91 Å². The van der Waals surface area contributed by atoms with Crippen molar-refractivity contribution < 1.29 is 9.53 Å². The largest absolute Gasteiger partial charge is 0.378 e. The number of carbonyl (C=O) groups excluding carboxylic acids is 1. The van der Waals surface area contributed by atoms with Crippen LogP contribution in [0.5, 0.6) is 0 Å². The zero-order valence-corrected chi connectivity index (χ0v) is 17.9. The van der Waals surface area contributed by atoms with Crippen LogP contribution in [0.1, 0.15) is 21.1 Å². The summed E-state index contributed by atoms with van der Waals surface area (Å²) < 4.78 is 5.05. The number of thiazole rings is 1. The van der Waals surface area contributed by atoms with Crippen LogP contribution >= 0.6 is 11.3 Å². The number of nitrogens with zero attached hydrogens (tertiary/aromatic N) is 3. The van der Waals surface area contributed by atoms with Gasteiger partial charge in [-0.2, -0.15) is 0 Å². The number of amides is 1. The first kappa shape index (κ1) is 20.5. The van der Waals surface area contributed by atoms with Crippen LogP contribution in [0.4, 0.5) is 11.4 Å². The lowest BCUT2D eigenvalue weighted by molar-refractivity contribution is 0.102. The molecule has 3 aromatic rings. The SMILES string of the molecule is COCc1nc(C(=O)Nc2ccc(N3CCN(Cc4ccccc4)CC3)cc2)cs1. The third-order valence-electron chi connectivity index (χ3n) is 5.16. The molecule has 2 heterocycles. The number of aromatic nitrogens is 1. The number of nitrogens with one attached hydrogen (secondary N) is 1. The number of anilines is 2. The molecule has 1 fully saturated rings. The fourth-order valence-corrected chi connectivity index (χ4v) is 4.31. The Morgan fingerprint density at radius 2 is 1.80 bits per heavy atom. The van der Waals surface area contributed by atoms with Gasteiger partial charge >= 0.3 is 0 Å². The smallest absolute Gasteiger partial charge is 0.275 e. The van der Waals surface area contributed by atoms with Crippen molar-refractivity contribution >= 4 is 28.6 Å². The van der Waals surface area contributed by atoms with E-state index in [-0.39, 0.29) is 5.91 Å². The Balaban J connectivity index is 1.29. The van der Waals surface area contributed by atoms with Gasteiger partial charge in [0.15, 0.2) is 0 Å². The van der Waals surface area contributed by atoms with Crippen LogP contribution in [0, 0.1) is 0 Å². The van der Waals surface area contributed by atoms with Gasteiger partial charge in [0.2, 0.25) is 0 Å². The maximum atomic E-state index is 12.4. The second kappa shape index (κ2) is 9.84. The summed E-state index contributed by atoms with van der Waals surface area (Å²) in [5.41, 5.74) is 3.74. The maximum absolute atomic E-state index is 12.4. The van der Waals surface area contributed by atoms with E-state index in [1.54, 1.807) is 12.5 Å². The van der Waals surface area contributed by atoms with E-state index in [0.29, 0.717) is 12.3 Å². The molecule has 0 bridgehead atoms. The summed E-state index contributed by atoms with van der Waals surface area (Å²) in [6.07, 6.45) is 0. The summed E-state index contributed by atoms with van der Waals surface area (Å²) in [4.78, 5) is 21.6. The molecule has 156 valence electrons. The number of rotatable bonds is 7. The minimum atomic E-state index is -0.198. The molecule has 30 heavy (non-hydrogen) atoms.